The summed E-state index contributed by atoms with van der Waals surface area (Å²) in [5.74, 6) is 2.07. The molecule has 184 valence electrons. The number of rotatable bonds is 10. The molecule has 1 aliphatic rings. The number of imidazole rings is 1. The van der Waals surface area contributed by atoms with Crippen LogP contribution in [0.4, 0.5) is 0 Å². The molecule has 0 aliphatic carbocycles. The van der Waals surface area contributed by atoms with Crippen molar-refractivity contribution < 1.29 is 9.47 Å². The predicted octanol–water partition coefficient (Wildman–Crippen LogP) is 5.17. The molecule has 35 heavy (non-hydrogen) atoms. The van der Waals surface area contributed by atoms with Gasteiger partial charge < -0.3 is 24.7 Å². The van der Waals surface area contributed by atoms with Gasteiger partial charge in [-0.1, -0.05) is 30.9 Å². The summed E-state index contributed by atoms with van der Waals surface area (Å²) < 4.78 is 13.9. The Labute approximate surface area is 208 Å². The van der Waals surface area contributed by atoms with Gasteiger partial charge in [-0.2, -0.15) is 0 Å². The summed E-state index contributed by atoms with van der Waals surface area (Å²) in [6, 6.07) is 12.8. The van der Waals surface area contributed by atoms with Crippen LogP contribution in [0.3, 0.4) is 0 Å². The van der Waals surface area contributed by atoms with Crippen molar-refractivity contribution >= 4 is 11.0 Å². The van der Waals surface area contributed by atoms with Gasteiger partial charge in [0.2, 0.25) is 0 Å². The van der Waals surface area contributed by atoms with Crippen molar-refractivity contribution in [3.8, 4) is 11.5 Å². The van der Waals surface area contributed by atoms with E-state index in [4.69, 9.17) is 14.5 Å². The Hall–Kier alpha value is -3.51. The van der Waals surface area contributed by atoms with E-state index in [2.05, 4.69) is 46.0 Å². The molecule has 1 aliphatic heterocycles. The average molecular weight is 473 g/mol. The second-order valence-corrected chi connectivity index (χ2v) is 8.89. The number of methoxy groups -OCH3 is 1. The third-order valence-electron chi connectivity index (χ3n) is 6.62. The van der Waals surface area contributed by atoms with Crippen molar-refractivity contribution in [3.63, 3.8) is 0 Å². The van der Waals surface area contributed by atoms with Gasteiger partial charge in [-0.25, -0.2) is 4.98 Å². The van der Waals surface area contributed by atoms with Crippen molar-refractivity contribution in [3.05, 3.63) is 89.9 Å². The van der Waals surface area contributed by atoms with Gasteiger partial charge in [0.1, 0.15) is 6.61 Å². The number of benzene rings is 2. The maximum absolute atomic E-state index is 6.06. The summed E-state index contributed by atoms with van der Waals surface area (Å²) in [4.78, 5) is 4.69. The van der Waals surface area contributed by atoms with E-state index in [1.54, 1.807) is 7.11 Å². The van der Waals surface area contributed by atoms with Crippen LogP contribution in [0.5, 0.6) is 11.5 Å². The van der Waals surface area contributed by atoms with Crippen LogP contribution in [0.1, 0.15) is 36.8 Å². The number of piperidine rings is 1. The fourth-order valence-electron chi connectivity index (χ4n) is 4.42. The minimum Gasteiger partial charge on any atom is -0.493 e. The van der Waals surface area contributed by atoms with Crippen LogP contribution in [-0.4, -0.2) is 43.4 Å². The number of nitrogens with one attached hydrogen (secondary N) is 2. The zero-order chi connectivity index (χ0) is 24.6. The third-order valence-corrected chi connectivity index (χ3v) is 6.62. The standard InChI is InChI=1S/C29H36N4O2/c1-5-22(7-6-21(2)30-3)19-35-28-11-8-23(16-29(28)34-4)18-33-20-32-26-17-25(9-10-27(26)33)24-12-14-31-15-13-24/h5-11,16-17,20,24,30-31H,2,12-15,18-19H2,1,3-4H3/b7-6-,22-5+. The lowest BCUT2D eigenvalue weighted by molar-refractivity contribution is 0.321. The van der Waals surface area contributed by atoms with E-state index in [0.717, 1.165) is 59.0 Å². The Morgan fingerprint density at radius 3 is 2.74 bits per heavy atom. The molecule has 0 atom stereocenters. The molecule has 6 nitrogen and oxygen atoms in total. The van der Waals surface area contributed by atoms with Gasteiger partial charge in [0.15, 0.2) is 11.5 Å². The van der Waals surface area contributed by atoms with E-state index in [0.29, 0.717) is 12.5 Å². The van der Waals surface area contributed by atoms with Gasteiger partial charge in [-0.15, -0.1) is 0 Å². The van der Waals surface area contributed by atoms with Crippen LogP contribution in [-0.2, 0) is 6.54 Å². The Kier molecular flexibility index (Phi) is 8.27. The normalized spacial score (nSPS) is 15.0. The lowest BCUT2D eigenvalue weighted by Crippen LogP contribution is -2.26. The highest BCUT2D eigenvalue weighted by atomic mass is 16.5. The molecule has 1 fully saturated rings. The SMILES string of the molecule is C=C(/C=C\C(=C/C)COc1ccc(Cn2cnc3cc(C4CCNCC4)ccc32)cc1OC)NC. The van der Waals surface area contributed by atoms with Crippen molar-refractivity contribution in [2.24, 2.45) is 0 Å². The first-order valence-corrected chi connectivity index (χ1v) is 12.3. The molecule has 0 saturated carbocycles. The molecule has 0 bridgehead atoms. The number of hydrogen-bond acceptors (Lipinski definition) is 5. The van der Waals surface area contributed by atoms with Crippen molar-refractivity contribution in [1.29, 1.82) is 0 Å². The first kappa shape index (κ1) is 24.6. The quantitative estimate of drug-likeness (QED) is 0.399. The number of nitrogens with zero attached hydrogens (tertiary/aromatic N) is 2. The Morgan fingerprint density at radius 1 is 1.17 bits per heavy atom. The maximum Gasteiger partial charge on any atom is 0.161 e. The summed E-state index contributed by atoms with van der Waals surface area (Å²) in [6.45, 7) is 9.27. The van der Waals surface area contributed by atoms with E-state index in [9.17, 15) is 0 Å². The van der Waals surface area contributed by atoms with Gasteiger partial charge in [-0.05, 0) is 85.8 Å². The topological polar surface area (TPSA) is 60.3 Å². The van der Waals surface area contributed by atoms with Gasteiger partial charge in [0.25, 0.3) is 0 Å². The highest BCUT2D eigenvalue weighted by Crippen LogP contribution is 2.30. The molecule has 1 saturated heterocycles. The summed E-state index contributed by atoms with van der Waals surface area (Å²) in [6.07, 6.45) is 10.3. The minimum absolute atomic E-state index is 0.450. The predicted molar refractivity (Wildman–Crippen MR) is 143 cm³/mol. The molecule has 0 spiro atoms. The molecule has 0 radical (unpaired) electrons. The first-order chi connectivity index (χ1) is 17.1. The van der Waals surface area contributed by atoms with E-state index in [-0.39, 0.29) is 0 Å². The van der Waals surface area contributed by atoms with Crippen molar-refractivity contribution in [2.45, 2.75) is 32.2 Å². The summed E-state index contributed by atoms with van der Waals surface area (Å²) in [7, 11) is 3.53. The molecule has 1 aromatic heterocycles. The highest BCUT2D eigenvalue weighted by Gasteiger charge is 2.16. The van der Waals surface area contributed by atoms with Crippen LogP contribution in [0.2, 0.25) is 0 Å². The number of ether oxygens (including phenoxy) is 2. The maximum atomic E-state index is 6.06. The number of fused-ring (bicyclic) bond motifs is 1. The van der Waals surface area contributed by atoms with Crippen molar-refractivity contribution in [2.75, 3.05) is 33.9 Å². The number of allylic oxidation sites excluding steroid dienone is 2. The van der Waals surface area contributed by atoms with Crippen LogP contribution in [0, 0.1) is 0 Å². The Balaban J connectivity index is 1.45. The van der Waals surface area contributed by atoms with Gasteiger partial charge >= 0.3 is 0 Å². The van der Waals surface area contributed by atoms with Crippen molar-refractivity contribution in [1.82, 2.24) is 20.2 Å². The molecular weight excluding hydrogens is 436 g/mol. The fourth-order valence-corrected chi connectivity index (χ4v) is 4.42. The first-order valence-electron chi connectivity index (χ1n) is 12.3. The molecule has 3 aromatic rings. The second kappa shape index (κ2) is 11.8. The molecule has 4 rings (SSSR count). The molecule has 2 heterocycles. The molecule has 2 N–H and O–H groups in total. The zero-order valence-corrected chi connectivity index (χ0v) is 21.0. The Morgan fingerprint density at radius 2 is 2.00 bits per heavy atom. The largest absolute Gasteiger partial charge is 0.493 e. The lowest BCUT2D eigenvalue weighted by atomic mass is 9.90. The summed E-state index contributed by atoms with van der Waals surface area (Å²) in [5, 5.41) is 6.46. The Bertz CT molecular complexity index is 1220. The molecular formula is C29H36N4O2. The summed E-state index contributed by atoms with van der Waals surface area (Å²) in [5.41, 5.74) is 6.64. The number of hydrogen-bond donors (Lipinski definition) is 2. The lowest BCUT2D eigenvalue weighted by Gasteiger charge is -2.22. The molecule has 2 aromatic carbocycles. The van der Waals surface area contributed by atoms with E-state index in [1.807, 2.05) is 50.7 Å². The van der Waals surface area contributed by atoms with E-state index in [1.165, 1.54) is 18.4 Å². The van der Waals surface area contributed by atoms with Gasteiger partial charge in [0, 0.05) is 19.3 Å². The van der Waals surface area contributed by atoms with E-state index < -0.39 is 0 Å². The second-order valence-electron chi connectivity index (χ2n) is 8.89. The van der Waals surface area contributed by atoms with Crippen LogP contribution < -0.4 is 20.1 Å². The molecule has 0 unspecified atom stereocenters. The number of likely N-dealkylation sites (N-methyl/N-ethyl adjacent to an activating group) is 1. The highest BCUT2D eigenvalue weighted by molar-refractivity contribution is 5.76. The smallest absolute Gasteiger partial charge is 0.161 e. The molecule has 6 heteroatoms. The average Bonchev–Trinajstić information content (AvgIpc) is 3.31. The van der Waals surface area contributed by atoms with E-state index >= 15 is 0 Å². The minimum atomic E-state index is 0.450. The van der Waals surface area contributed by atoms with Gasteiger partial charge in [0.05, 0.1) is 24.5 Å². The zero-order valence-electron chi connectivity index (χ0n) is 21.0. The monoisotopic (exact) mass is 472 g/mol. The van der Waals surface area contributed by atoms with Crippen LogP contribution in [0.25, 0.3) is 11.0 Å². The number of aromatic nitrogens is 2. The van der Waals surface area contributed by atoms with Gasteiger partial charge in [-0.3, -0.25) is 0 Å². The fraction of sp³-hybridized carbons (Fsp3) is 0.345. The third kappa shape index (κ3) is 6.14. The molecule has 0 amide bonds. The summed E-state index contributed by atoms with van der Waals surface area (Å²) >= 11 is 0. The van der Waals surface area contributed by atoms with Crippen LogP contribution >= 0.6 is 0 Å². The van der Waals surface area contributed by atoms with Crippen LogP contribution in [0.15, 0.2) is 78.8 Å².